The Balaban J connectivity index is 1.45. The van der Waals surface area contributed by atoms with Crippen LogP contribution in [0.25, 0.3) is 10.8 Å². The number of hydrogen-bond donors (Lipinski definition) is 1. The summed E-state index contributed by atoms with van der Waals surface area (Å²) >= 11 is 0. The maximum absolute atomic E-state index is 12.1. The van der Waals surface area contributed by atoms with Gasteiger partial charge in [0, 0.05) is 23.4 Å². The molecule has 2 aromatic rings. The van der Waals surface area contributed by atoms with Crippen molar-refractivity contribution in [1.29, 1.82) is 0 Å². The summed E-state index contributed by atoms with van der Waals surface area (Å²) in [5.41, 5.74) is 0. The second-order valence-electron chi connectivity index (χ2n) is 6.17. The first-order valence-electron chi connectivity index (χ1n) is 9.26. The number of nitrogens with one attached hydrogen (secondary N) is 1. The van der Waals surface area contributed by atoms with Crippen LogP contribution in [0.15, 0.2) is 49.1 Å². The van der Waals surface area contributed by atoms with Crippen LogP contribution in [0.5, 0.6) is 11.5 Å². The van der Waals surface area contributed by atoms with Crippen LogP contribution < -0.4 is 14.8 Å². The van der Waals surface area contributed by atoms with E-state index >= 15 is 0 Å². The molecule has 1 saturated heterocycles. The average molecular weight is 401 g/mol. The molecule has 154 valence electrons. The number of amides is 1. The third-order valence-corrected chi connectivity index (χ3v) is 4.03. The summed E-state index contributed by atoms with van der Waals surface area (Å²) in [6, 6.07) is 11.0. The molecule has 0 saturated carbocycles. The van der Waals surface area contributed by atoms with Crippen LogP contribution in [0.2, 0.25) is 0 Å². The predicted molar refractivity (Wildman–Crippen MR) is 105 cm³/mol. The van der Waals surface area contributed by atoms with Gasteiger partial charge in [-0.15, -0.1) is 0 Å². The molecule has 1 atom stereocenters. The highest BCUT2D eigenvalue weighted by atomic mass is 16.6. The Morgan fingerprint density at radius 3 is 2.55 bits per heavy atom. The van der Waals surface area contributed by atoms with Crippen molar-refractivity contribution in [2.75, 3.05) is 39.6 Å². The lowest BCUT2D eigenvalue weighted by atomic mass is 10.1. The maximum atomic E-state index is 12.1. The smallest absolute Gasteiger partial charge is 0.412 e. The SMILES string of the molecule is C=CC(=O)OCCOCCNC(=O)Oc1cccc2c(OCC3CO3)cccc12. The Bertz CT molecular complexity index is 863. The Hall–Kier alpha value is -3.10. The summed E-state index contributed by atoms with van der Waals surface area (Å²) in [6.07, 6.45) is 0.658. The number of epoxide rings is 1. The van der Waals surface area contributed by atoms with Crippen LogP contribution in [0.3, 0.4) is 0 Å². The molecule has 8 heteroatoms. The molecule has 0 radical (unpaired) electrons. The first-order chi connectivity index (χ1) is 14.2. The molecule has 2 aromatic carbocycles. The van der Waals surface area contributed by atoms with Gasteiger partial charge in [0.05, 0.1) is 19.8 Å². The van der Waals surface area contributed by atoms with E-state index in [2.05, 4.69) is 11.9 Å². The molecule has 1 unspecified atom stereocenters. The lowest BCUT2D eigenvalue weighted by Crippen LogP contribution is -2.30. The standard InChI is InChI=1S/C21H23NO7/c1-2-20(23)26-12-11-25-10-9-22-21(24)29-19-8-4-5-16-17(19)6-3-7-18(16)28-14-15-13-27-15/h2-8,15H,1,9-14H2,(H,22,24). The summed E-state index contributed by atoms with van der Waals surface area (Å²) in [5, 5.41) is 4.24. The molecule has 1 heterocycles. The quantitative estimate of drug-likeness (QED) is 0.267. The lowest BCUT2D eigenvalue weighted by Gasteiger charge is -2.12. The number of carbonyl (C=O) groups excluding carboxylic acids is 2. The highest BCUT2D eigenvalue weighted by Crippen LogP contribution is 2.32. The molecule has 1 amide bonds. The van der Waals surface area contributed by atoms with Gasteiger partial charge in [-0.05, 0) is 12.1 Å². The van der Waals surface area contributed by atoms with E-state index in [4.69, 9.17) is 23.7 Å². The van der Waals surface area contributed by atoms with Crippen molar-refractivity contribution in [3.05, 3.63) is 49.1 Å². The first-order valence-corrected chi connectivity index (χ1v) is 9.26. The molecule has 1 N–H and O–H groups in total. The van der Waals surface area contributed by atoms with E-state index in [0.717, 1.165) is 29.2 Å². The van der Waals surface area contributed by atoms with E-state index in [1.807, 2.05) is 24.3 Å². The molecule has 0 bridgehead atoms. The lowest BCUT2D eigenvalue weighted by molar-refractivity contribution is -0.139. The van der Waals surface area contributed by atoms with E-state index in [1.165, 1.54) is 0 Å². The first kappa shape index (κ1) is 20.6. The van der Waals surface area contributed by atoms with Crippen molar-refractivity contribution in [3.8, 4) is 11.5 Å². The number of esters is 1. The van der Waals surface area contributed by atoms with Crippen LogP contribution in [-0.4, -0.2) is 57.7 Å². The number of ether oxygens (including phenoxy) is 5. The zero-order chi connectivity index (χ0) is 20.5. The molecule has 8 nitrogen and oxygen atoms in total. The minimum Gasteiger partial charge on any atom is -0.490 e. The van der Waals surface area contributed by atoms with Crippen molar-refractivity contribution in [2.24, 2.45) is 0 Å². The topological polar surface area (TPSA) is 95.6 Å². The van der Waals surface area contributed by atoms with E-state index < -0.39 is 12.1 Å². The van der Waals surface area contributed by atoms with Crippen molar-refractivity contribution >= 4 is 22.8 Å². The molecule has 0 aromatic heterocycles. The van der Waals surface area contributed by atoms with Gasteiger partial charge >= 0.3 is 12.1 Å². The van der Waals surface area contributed by atoms with Crippen LogP contribution in [0.4, 0.5) is 4.79 Å². The van der Waals surface area contributed by atoms with Crippen molar-refractivity contribution in [1.82, 2.24) is 5.32 Å². The molecule has 1 fully saturated rings. The number of carbonyl (C=O) groups is 2. The normalized spacial score (nSPS) is 14.8. The van der Waals surface area contributed by atoms with Crippen molar-refractivity contribution in [3.63, 3.8) is 0 Å². The maximum Gasteiger partial charge on any atom is 0.412 e. The van der Waals surface area contributed by atoms with E-state index in [9.17, 15) is 9.59 Å². The fraction of sp³-hybridized carbons (Fsp3) is 0.333. The predicted octanol–water partition coefficient (Wildman–Crippen LogP) is 2.45. The molecule has 3 rings (SSSR count). The second-order valence-corrected chi connectivity index (χ2v) is 6.17. The Kier molecular flexibility index (Phi) is 7.43. The fourth-order valence-electron chi connectivity index (χ4n) is 2.54. The molecular formula is C21H23NO7. The number of fused-ring (bicyclic) bond motifs is 1. The average Bonchev–Trinajstić information content (AvgIpc) is 3.56. The summed E-state index contributed by atoms with van der Waals surface area (Å²) in [7, 11) is 0. The third kappa shape index (κ3) is 6.48. The van der Waals surface area contributed by atoms with Crippen LogP contribution >= 0.6 is 0 Å². The van der Waals surface area contributed by atoms with Gasteiger partial charge < -0.3 is 29.0 Å². The zero-order valence-electron chi connectivity index (χ0n) is 15.9. The third-order valence-electron chi connectivity index (χ3n) is 4.03. The molecular weight excluding hydrogens is 378 g/mol. The number of benzene rings is 2. The number of rotatable bonds is 11. The van der Waals surface area contributed by atoms with Crippen LogP contribution in [-0.2, 0) is 19.0 Å². The minimum atomic E-state index is -0.586. The monoisotopic (exact) mass is 401 g/mol. The molecule has 0 spiro atoms. The zero-order valence-corrected chi connectivity index (χ0v) is 15.9. The fourth-order valence-corrected chi connectivity index (χ4v) is 2.54. The van der Waals surface area contributed by atoms with Gasteiger partial charge in [0.1, 0.15) is 30.8 Å². The van der Waals surface area contributed by atoms with E-state index in [-0.39, 0.29) is 32.5 Å². The summed E-state index contributed by atoms with van der Waals surface area (Å²) < 4.78 is 26.4. The molecule has 1 aliphatic rings. The van der Waals surface area contributed by atoms with Crippen molar-refractivity contribution in [2.45, 2.75) is 6.10 Å². The van der Waals surface area contributed by atoms with E-state index in [1.54, 1.807) is 12.1 Å². The summed E-state index contributed by atoms with van der Waals surface area (Å²) in [5.74, 6) is 0.652. The highest BCUT2D eigenvalue weighted by molar-refractivity contribution is 5.94. The largest absolute Gasteiger partial charge is 0.490 e. The van der Waals surface area contributed by atoms with Crippen LogP contribution in [0.1, 0.15) is 0 Å². The van der Waals surface area contributed by atoms with Gasteiger partial charge in [-0.1, -0.05) is 30.8 Å². The van der Waals surface area contributed by atoms with Gasteiger partial charge in [-0.3, -0.25) is 0 Å². The minimum absolute atomic E-state index is 0.128. The number of hydrogen-bond acceptors (Lipinski definition) is 7. The van der Waals surface area contributed by atoms with Crippen molar-refractivity contribution < 1.29 is 33.3 Å². The summed E-state index contributed by atoms with van der Waals surface area (Å²) in [4.78, 5) is 22.9. The Labute approximate surface area is 168 Å². The second kappa shape index (κ2) is 10.4. The van der Waals surface area contributed by atoms with Gasteiger partial charge in [0.2, 0.25) is 0 Å². The Morgan fingerprint density at radius 1 is 1.10 bits per heavy atom. The molecule has 29 heavy (non-hydrogen) atoms. The molecule has 0 aliphatic carbocycles. The molecule has 1 aliphatic heterocycles. The summed E-state index contributed by atoms with van der Waals surface area (Å²) in [6.45, 7) is 5.40. The van der Waals surface area contributed by atoms with Gasteiger partial charge in [-0.2, -0.15) is 0 Å². The van der Waals surface area contributed by atoms with Crippen LogP contribution in [0, 0.1) is 0 Å². The van der Waals surface area contributed by atoms with E-state index in [0.29, 0.717) is 12.4 Å². The van der Waals surface area contributed by atoms with Gasteiger partial charge in [0.25, 0.3) is 0 Å². The van der Waals surface area contributed by atoms with Gasteiger partial charge in [0.15, 0.2) is 0 Å². The van der Waals surface area contributed by atoms with Gasteiger partial charge in [-0.25, -0.2) is 9.59 Å². The Morgan fingerprint density at radius 2 is 1.83 bits per heavy atom. The highest BCUT2D eigenvalue weighted by Gasteiger charge is 2.23.